The zero-order valence-corrected chi connectivity index (χ0v) is 15.8. The summed E-state index contributed by atoms with van der Waals surface area (Å²) >= 11 is 0. The van der Waals surface area contributed by atoms with Crippen molar-refractivity contribution in [3.8, 4) is 11.3 Å². The van der Waals surface area contributed by atoms with Crippen molar-refractivity contribution in [3.63, 3.8) is 0 Å². The third kappa shape index (κ3) is 3.58. The first-order valence-electron chi connectivity index (χ1n) is 9.41. The van der Waals surface area contributed by atoms with Crippen LogP contribution in [-0.2, 0) is 6.54 Å². The van der Waals surface area contributed by atoms with E-state index in [1.165, 1.54) is 0 Å². The fourth-order valence-electron chi connectivity index (χ4n) is 3.48. The van der Waals surface area contributed by atoms with Gasteiger partial charge >= 0.3 is 0 Å². The SMILES string of the molecule is CC(C)Cn1cc(-c2cnc3ccc(NC4CCN(C)CC4)nn23)cn1. The Morgan fingerprint density at radius 1 is 1.19 bits per heavy atom. The van der Waals surface area contributed by atoms with E-state index in [2.05, 4.69) is 47.4 Å². The lowest BCUT2D eigenvalue weighted by Crippen LogP contribution is -2.36. The summed E-state index contributed by atoms with van der Waals surface area (Å²) in [5.74, 6) is 1.47. The van der Waals surface area contributed by atoms with Gasteiger partial charge in [-0.2, -0.15) is 5.10 Å². The molecule has 0 unspecified atom stereocenters. The molecule has 3 aromatic rings. The normalized spacial score (nSPS) is 16.6. The van der Waals surface area contributed by atoms with Gasteiger partial charge in [0.05, 0.1) is 18.1 Å². The van der Waals surface area contributed by atoms with E-state index in [9.17, 15) is 0 Å². The second-order valence-corrected chi connectivity index (χ2v) is 7.70. The van der Waals surface area contributed by atoms with E-state index in [1.807, 2.05) is 33.7 Å². The van der Waals surface area contributed by atoms with Gasteiger partial charge in [-0.3, -0.25) is 4.68 Å². The van der Waals surface area contributed by atoms with Crippen molar-refractivity contribution >= 4 is 11.5 Å². The predicted molar refractivity (Wildman–Crippen MR) is 103 cm³/mol. The van der Waals surface area contributed by atoms with Gasteiger partial charge in [0.15, 0.2) is 5.65 Å². The van der Waals surface area contributed by atoms with Crippen molar-refractivity contribution in [3.05, 3.63) is 30.7 Å². The van der Waals surface area contributed by atoms with Gasteiger partial charge in [-0.15, -0.1) is 5.10 Å². The van der Waals surface area contributed by atoms with Crippen molar-refractivity contribution in [2.45, 2.75) is 39.3 Å². The van der Waals surface area contributed by atoms with Gasteiger partial charge in [0.25, 0.3) is 0 Å². The Hall–Kier alpha value is -2.41. The van der Waals surface area contributed by atoms with Gasteiger partial charge in [0, 0.05) is 24.3 Å². The number of hydrogen-bond donors (Lipinski definition) is 1. The minimum Gasteiger partial charge on any atom is -0.366 e. The molecule has 26 heavy (non-hydrogen) atoms. The maximum absolute atomic E-state index is 4.79. The number of fused-ring (bicyclic) bond motifs is 1. The molecule has 0 bridgehead atoms. The molecule has 1 fully saturated rings. The van der Waals surface area contributed by atoms with Gasteiger partial charge in [-0.1, -0.05) is 13.8 Å². The second kappa shape index (κ2) is 7.07. The smallest absolute Gasteiger partial charge is 0.154 e. The Labute approximate surface area is 154 Å². The number of nitrogens with one attached hydrogen (secondary N) is 1. The van der Waals surface area contributed by atoms with Crippen molar-refractivity contribution in [1.29, 1.82) is 0 Å². The van der Waals surface area contributed by atoms with Crippen LogP contribution in [0.5, 0.6) is 0 Å². The molecular weight excluding hydrogens is 326 g/mol. The standard InChI is InChI=1S/C19H27N7/c1-14(2)12-25-13-15(10-21-25)17-11-20-19-5-4-18(23-26(17)19)22-16-6-8-24(3)9-7-16/h4-5,10-11,13-14,16H,6-9,12H2,1-3H3,(H,22,23). The molecule has 7 heteroatoms. The fraction of sp³-hybridized carbons (Fsp3) is 0.526. The molecule has 7 nitrogen and oxygen atoms in total. The highest BCUT2D eigenvalue weighted by Gasteiger charge is 2.17. The molecule has 1 saturated heterocycles. The summed E-state index contributed by atoms with van der Waals surface area (Å²) in [5.41, 5.74) is 2.87. The largest absolute Gasteiger partial charge is 0.366 e. The van der Waals surface area contributed by atoms with E-state index in [0.717, 1.165) is 55.2 Å². The van der Waals surface area contributed by atoms with Gasteiger partial charge in [-0.25, -0.2) is 9.50 Å². The summed E-state index contributed by atoms with van der Waals surface area (Å²) in [6.07, 6.45) is 8.13. The van der Waals surface area contributed by atoms with Crippen LogP contribution < -0.4 is 5.32 Å². The van der Waals surface area contributed by atoms with E-state index < -0.39 is 0 Å². The van der Waals surface area contributed by atoms with Crippen LogP contribution >= 0.6 is 0 Å². The molecule has 1 aliphatic rings. The number of nitrogens with zero attached hydrogens (tertiary/aromatic N) is 6. The van der Waals surface area contributed by atoms with Crippen LogP contribution in [0, 0.1) is 5.92 Å². The number of hydrogen-bond acceptors (Lipinski definition) is 5. The van der Waals surface area contributed by atoms with E-state index in [1.54, 1.807) is 0 Å². The number of rotatable bonds is 5. The predicted octanol–water partition coefficient (Wildman–Crippen LogP) is 2.75. The fourth-order valence-corrected chi connectivity index (χ4v) is 3.48. The number of anilines is 1. The lowest BCUT2D eigenvalue weighted by atomic mass is 10.1. The molecule has 0 radical (unpaired) electrons. The summed E-state index contributed by atoms with van der Waals surface area (Å²) in [6.45, 7) is 7.56. The molecule has 1 aliphatic heterocycles. The van der Waals surface area contributed by atoms with Crippen molar-refractivity contribution < 1.29 is 0 Å². The first kappa shape index (κ1) is 17.0. The van der Waals surface area contributed by atoms with Gasteiger partial charge < -0.3 is 10.2 Å². The summed E-state index contributed by atoms with van der Waals surface area (Å²) in [5, 5.41) is 12.8. The Kier molecular flexibility index (Phi) is 4.63. The van der Waals surface area contributed by atoms with E-state index >= 15 is 0 Å². The molecule has 0 aromatic carbocycles. The van der Waals surface area contributed by atoms with Crippen LogP contribution in [0.25, 0.3) is 16.9 Å². The Morgan fingerprint density at radius 2 is 2.00 bits per heavy atom. The quantitative estimate of drug-likeness (QED) is 0.764. The summed E-state index contributed by atoms with van der Waals surface area (Å²) in [6, 6.07) is 4.52. The minimum absolute atomic E-state index is 0.483. The van der Waals surface area contributed by atoms with E-state index in [4.69, 9.17) is 5.10 Å². The van der Waals surface area contributed by atoms with Crippen molar-refractivity contribution in [2.75, 3.05) is 25.5 Å². The van der Waals surface area contributed by atoms with Gasteiger partial charge in [0.1, 0.15) is 5.82 Å². The Balaban J connectivity index is 1.57. The first-order valence-corrected chi connectivity index (χ1v) is 9.41. The maximum Gasteiger partial charge on any atom is 0.154 e. The molecule has 0 atom stereocenters. The highest BCUT2D eigenvalue weighted by molar-refractivity contribution is 5.62. The number of imidazole rings is 1. The molecule has 0 aliphatic carbocycles. The summed E-state index contributed by atoms with van der Waals surface area (Å²) in [7, 11) is 2.18. The third-order valence-corrected chi connectivity index (χ3v) is 4.91. The lowest BCUT2D eigenvalue weighted by Gasteiger charge is -2.29. The number of likely N-dealkylation sites (tertiary alicyclic amines) is 1. The minimum atomic E-state index is 0.483. The first-order chi connectivity index (χ1) is 12.6. The van der Waals surface area contributed by atoms with Crippen LogP contribution in [0.3, 0.4) is 0 Å². The average molecular weight is 353 g/mol. The Morgan fingerprint density at radius 3 is 2.77 bits per heavy atom. The van der Waals surface area contributed by atoms with Crippen LogP contribution in [-0.4, -0.2) is 55.5 Å². The zero-order valence-electron chi connectivity index (χ0n) is 15.8. The molecule has 4 heterocycles. The molecule has 4 rings (SSSR count). The molecule has 0 saturated carbocycles. The molecule has 138 valence electrons. The lowest BCUT2D eigenvalue weighted by molar-refractivity contribution is 0.263. The highest BCUT2D eigenvalue weighted by Crippen LogP contribution is 2.21. The molecular formula is C19H27N7. The monoisotopic (exact) mass is 353 g/mol. The second-order valence-electron chi connectivity index (χ2n) is 7.70. The van der Waals surface area contributed by atoms with E-state index in [0.29, 0.717) is 12.0 Å². The van der Waals surface area contributed by atoms with Gasteiger partial charge in [0.2, 0.25) is 0 Å². The van der Waals surface area contributed by atoms with Crippen LogP contribution in [0.15, 0.2) is 30.7 Å². The number of aromatic nitrogens is 5. The Bertz CT molecular complexity index is 871. The molecule has 1 N–H and O–H groups in total. The molecule has 0 amide bonds. The summed E-state index contributed by atoms with van der Waals surface area (Å²) < 4.78 is 3.90. The van der Waals surface area contributed by atoms with Gasteiger partial charge in [-0.05, 0) is 51.0 Å². The van der Waals surface area contributed by atoms with Crippen LogP contribution in [0.2, 0.25) is 0 Å². The van der Waals surface area contributed by atoms with Crippen molar-refractivity contribution in [2.24, 2.45) is 5.92 Å². The zero-order chi connectivity index (χ0) is 18.1. The third-order valence-electron chi connectivity index (χ3n) is 4.91. The summed E-state index contributed by atoms with van der Waals surface area (Å²) in [4.78, 5) is 6.86. The van der Waals surface area contributed by atoms with Crippen molar-refractivity contribution in [1.82, 2.24) is 29.3 Å². The molecule has 3 aromatic heterocycles. The highest BCUT2D eigenvalue weighted by atomic mass is 15.3. The number of piperidine rings is 1. The molecule has 0 spiro atoms. The topological polar surface area (TPSA) is 63.3 Å². The maximum atomic E-state index is 4.79. The van der Waals surface area contributed by atoms with Crippen LogP contribution in [0.1, 0.15) is 26.7 Å². The van der Waals surface area contributed by atoms with E-state index in [-0.39, 0.29) is 0 Å². The van der Waals surface area contributed by atoms with Crippen LogP contribution in [0.4, 0.5) is 5.82 Å². The average Bonchev–Trinajstić information content (AvgIpc) is 3.22.